The highest BCUT2D eigenvalue weighted by atomic mass is 16.2. The van der Waals surface area contributed by atoms with Gasteiger partial charge in [0.1, 0.15) is 5.82 Å². The standard InChI is InChI=1S/C19H23N5O/c20-18-6-5-16(13-21-18)23-10-8-15(9-11-23)24-12-7-14-3-1-2-4-17(14)22-19(24)25/h1-6,13,15H,7-12H2,(H2,20,21)(H,22,25). The van der Waals surface area contributed by atoms with Gasteiger partial charge in [0.05, 0.1) is 11.9 Å². The van der Waals surface area contributed by atoms with Crippen molar-refractivity contribution >= 4 is 23.2 Å². The van der Waals surface area contributed by atoms with E-state index in [9.17, 15) is 4.79 Å². The van der Waals surface area contributed by atoms with Gasteiger partial charge < -0.3 is 20.9 Å². The Kier molecular flexibility index (Phi) is 4.17. The summed E-state index contributed by atoms with van der Waals surface area (Å²) in [4.78, 5) is 21.1. The van der Waals surface area contributed by atoms with Crippen LogP contribution < -0.4 is 16.0 Å². The Morgan fingerprint density at radius 3 is 2.64 bits per heavy atom. The summed E-state index contributed by atoms with van der Waals surface area (Å²) in [6.07, 6.45) is 4.66. The van der Waals surface area contributed by atoms with E-state index in [2.05, 4.69) is 21.3 Å². The molecule has 4 rings (SSSR count). The summed E-state index contributed by atoms with van der Waals surface area (Å²) in [5.74, 6) is 0.541. The Hall–Kier alpha value is -2.76. The van der Waals surface area contributed by atoms with Gasteiger partial charge in [0.15, 0.2) is 0 Å². The molecule has 0 unspecified atom stereocenters. The lowest BCUT2D eigenvalue weighted by Crippen LogP contribution is -2.48. The van der Waals surface area contributed by atoms with Crippen LogP contribution in [0.3, 0.4) is 0 Å². The van der Waals surface area contributed by atoms with E-state index in [1.54, 1.807) is 0 Å². The fraction of sp³-hybridized carbons (Fsp3) is 0.368. The zero-order chi connectivity index (χ0) is 17.2. The van der Waals surface area contributed by atoms with Crippen LogP contribution >= 0.6 is 0 Å². The molecule has 2 aliphatic heterocycles. The number of nitrogens with two attached hydrogens (primary N) is 1. The molecule has 0 bridgehead atoms. The number of urea groups is 1. The Bertz CT molecular complexity index is 753. The lowest BCUT2D eigenvalue weighted by Gasteiger charge is -2.38. The van der Waals surface area contributed by atoms with Gasteiger partial charge >= 0.3 is 6.03 Å². The number of nitrogens with one attached hydrogen (secondary N) is 1. The highest BCUT2D eigenvalue weighted by Crippen LogP contribution is 2.26. The minimum absolute atomic E-state index is 0.0255. The van der Waals surface area contributed by atoms with Crippen LogP contribution in [0.4, 0.5) is 22.0 Å². The molecule has 0 saturated carbocycles. The maximum absolute atomic E-state index is 12.6. The largest absolute Gasteiger partial charge is 0.384 e. The minimum atomic E-state index is 0.0255. The molecule has 25 heavy (non-hydrogen) atoms. The molecule has 1 saturated heterocycles. The summed E-state index contributed by atoms with van der Waals surface area (Å²) in [5.41, 5.74) is 8.92. The molecule has 6 heteroatoms. The molecule has 2 amide bonds. The quantitative estimate of drug-likeness (QED) is 0.883. The Labute approximate surface area is 147 Å². The third kappa shape index (κ3) is 3.24. The van der Waals surface area contributed by atoms with Crippen molar-refractivity contribution < 1.29 is 4.79 Å². The van der Waals surface area contributed by atoms with E-state index in [-0.39, 0.29) is 12.1 Å². The number of anilines is 3. The highest BCUT2D eigenvalue weighted by molar-refractivity contribution is 5.91. The number of nitrogens with zero attached hydrogens (tertiary/aromatic N) is 3. The van der Waals surface area contributed by atoms with E-state index >= 15 is 0 Å². The number of rotatable bonds is 2. The van der Waals surface area contributed by atoms with Crippen molar-refractivity contribution in [3.63, 3.8) is 0 Å². The molecule has 3 heterocycles. The molecule has 1 fully saturated rings. The summed E-state index contributed by atoms with van der Waals surface area (Å²) in [7, 11) is 0. The SMILES string of the molecule is Nc1ccc(N2CCC(N3CCc4ccccc4NC3=O)CC2)cn1. The Morgan fingerprint density at radius 1 is 1.08 bits per heavy atom. The van der Waals surface area contributed by atoms with Crippen molar-refractivity contribution in [2.45, 2.75) is 25.3 Å². The molecule has 6 nitrogen and oxygen atoms in total. The predicted molar refractivity (Wildman–Crippen MR) is 99.8 cm³/mol. The van der Waals surface area contributed by atoms with Gasteiger partial charge in [0.25, 0.3) is 0 Å². The van der Waals surface area contributed by atoms with E-state index in [1.165, 1.54) is 5.56 Å². The summed E-state index contributed by atoms with van der Waals surface area (Å²) in [6, 6.07) is 12.2. The van der Waals surface area contributed by atoms with Gasteiger partial charge in [-0.15, -0.1) is 0 Å². The first-order valence-electron chi connectivity index (χ1n) is 8.83. The second-order valence-corrected chi connectivity index (χ2v) is 6.69. The molecular weight excluding hydrogens is 314 g/mol. The van der Waals surface area contributed by atoms with E-state index < -0.39 is 0 Å². The summed E-state index contributed by atoms with van der Waals surface area (Å²) in [6.45, 7) is 2.62. The van der Waals surface area contributed by atoms with Crippen LogP contribution in [0.5, 0.6) is 0 Å². The van der Waals surface area contributed by atoms with Gasteiger partial charge in [-0.05, 0) is 43.0 Å². The summed E-state index contributed by atoms with van der Waals surface area (Å²) in [5, 5.41) is 3.07. The number of hydrogen-bond donors (Lipinski definition) is 2. The van der Waals surface area contributed by atoms with Crippen LogP contribution in [-0.4, -0.2) is 41.6 Å². The number of fused-ring (bicyclic) bond motifs is 1. The van der Waals surface area contributed by atoms with Crippen LogP contribution in [0, 0.1) is 0 Å². The lowest BCUT2D eigenvalue weighted by atomic mass is 10.0. The van der Waals surface area contributed by atoms with E-state index in [0.29, 0.717) is 5.82 Å². The second-order valence-electron chi connectivity index (χ2n) is 6.69. The number of nitrogen functional groups attached to an aromatic ring is 1. The minimum Gasteiger partial charge on any atom is -0.384 e. The van der Waals surface area contributed by atoms with Crippen molar-refractivity contribution in [3.8, 4) is 0 Å². The second kappa shape index (κ2) is 6.63. The predicted octanol–water partition coefficient (Wildman–Crippen LogP) is 2.72. The van der Waals surface area contributed by atoms with Gasteiger partial charge in [-0.1, -0.05) is 18.2 Å². The molecule has 0 radical (unpaired) electrons. The van der Waals surface area contributed by atoms with Crippen molar-refractivity contribution in [2.24, 2.45) is 0 Å². The maximum Gasteiger partial charge on any atom is 0.322 e. The first kappa shape index (κ1) is 15.7. The number of piperidine rings is 1. The molecule has 2 aromatic rings. The number of aromatic nitrogens is 1. The number of carbonyl (C=O) groups is 1. The molecule has 2 aliphatic rings. The number of amides is 2. The highest BCUT2D eigenvalue weighted by Gasteiger charge is 2.30. The van der Waals surface area contributed by atoms with Crippen molar-refractivity contribution in [3.05, 3.63) is 48.2 Å². The fourth-order valence-corrected chi connectivity index (χ4v) is 3.76. The smallest absolute Gasteiger partial charge is 0.322 e. The molecule has 1 aromatic carbocycles. The number of pyridine rings is 1. The number of para-hydroxylation sites is 1. The third-order valence-corrected chi connectivity index (χ3v) is 5.18. The van der Waals surface area contributed by atoms with Gasteiger partial charge in [-0.2, -0.15) is 0 Å². The normalized spacial score (nSPS) is 18.5. The van der Waals surface area contributed by atoms with E-state index in [1.807, 2.05) is 41.4 Å². The van der Waals surface area contributed by atoms with Crippen LogP contribution in [0.2, 0.25) is 0 Å². The van der Waals surface area contributed by atoms with Crippen LogP contribution in [0.1, 0.15) is 18.4 Å². The third-order valence-electron chi connectivity index (χ3n) is 5.18. The van der Waals surface area contributed by atoms with Crippen molar-refractivity contribution in [1.82, 2.24) is 9.88 Å². The maximum atomic E-state index is 12.6. The van der Waals surface area contributed by atoms with Gasteiger partial charge in [0, 0.05) is 31.4 Å². The summed E-state index contributed by atoms with van der Waals surface area (Å²) >= 11 is 0. The van der Waals surface area contributed by atoms with Gasteiger partial charge in [-0.3, -0.25) is 0 Å². The zero-order valence-electron chi connectivity index (χ0n) is 14.2. The van der Waals surface area contributed by atoms with Crippen molar-refractivity contribution in [2.75, 3.05) is 35.6 Å². The van der Waals surface area contributed by atoms with Crippen LogP contribution in [-0.2, 0) is 6.42 Å². The Balaban J connectivity index is 1.41. The van der Waals surface area contributed by atoms with E-state index in [4.69, 9.17) is 5.73 Å². The first-order chi connectivity index (χ1) is 12.2. The van der Waals surface area contributed by atoms with Crippen LogP contribution in [0.25, 0.3) is 0 Å². The first-order valence-corrected chi connectivity index (χ1v) is 8.83. The van der Waals surface area contributed by atoms with E-state index in [0.717, 1.165) is 50.3 Å². The molecular formula is C19H23N5O. The zero-order valence-corrected chi connectivity index (χ0v) is 14.2. The number of carbonyl (C=O) groups excluding carboxylic acids is 1. The molecule has 0 atom stereocenters. The summed E-state index contributed by atoms with van der Waals surface area (Å²) < 4.78 is 0. The monoisotopic (exact) mass is 337 g/mol. The molecule has 3 N–H and O–H groups in total. The molecule has 1 aromatic heterocycles. The number of benzene rings is 1. The van der Waals surface area contributed by atoms with Crippen molar-refractivity contribution in [1.29, 1.82) is 0 Å². The molecule has 0 spiro atoms. The lowest BCUT2D eigenvalue weighted by molar-refractivity contribution is 0.177. The Morgan fingerprint density at radius 2 is 1.88 bits per heavy atom. The van der Waals surface area contributed by atoms with Gasteiger partial charge in [-0.25, -0.2) is 9.78 Å². The number of hydrogen-bond acceptors (Lipinski definition) is 4. The topological polar surface area (TPSA) is 74.5 Å². The van der Waals surface area contributed by atoms with Gasteiger partial charge in [0.2, 0.25) is 0 Å². The van der Waals surface area contributed by atoms with Crippen LogP contribution in [0.15, 0.2) is 42.6 Å². The molecule has 130 valence electrons. The average Bonchev–Trinajstić information content (AvgIpc) is 2.81. The fourth-order valence-electron chi connectivity index (χ4n) is 3.76. The average molecular weight is 337 g/mol. The molecule has 0 aliphatic carbocycles.